The molecule has 0 aliphatic carbocycles. The van der Waals surface area contributed by atoms with E-state index in [1.54, 1.807) is 0 Å². The molecular formula is C22H49NS4. The summed E-state index contributed by atoms with van der Waals surface area (Å²) in [5.41, 5.74) is 2.50. The summed E-state index contributed by atoms with van der Waals surface area (Å²) in [6.45, 7) is 14.6. The summed E-state index contributed by atoms with van der Waals surface area (Å²) in [4.78, 5) is 0. The van der Waals surface area contributed by atoms with Crippen LogP contribution in [0.5, 0.6) is 0 Å². The molecule has 0 spiro atoms. The van der Waals surface area contributed by atoms with Gasteiger partial charge in [-0.1, -0.05) is 37.0 Å². The summed E-state index contributed by atoms with van der Waals surface area (Å²) >= 11 is 0. The van der Waals surface area contributed by atoms with Crippen LogP contribution in [0.3, 0.4) is 0 Å². The van der Waals surface area contributed by atoms with Crippen molar-refractivity contribution >= 4 is 40.7 Å². The van der Waals surface area contributed by atoms with Gasteiger partial charge in [0.25, 0.3) is 0 Å². The van der Waals surface area contributed by atoms with Gasteiger partial charge >= 0.3 is 0 Å². The predicted octanol–water partition coefficient (Wildman–Crippen LogP) is 7.02. The Morgan fingerprint density at radius 1 is 0.852 bits per heavy atom. The summed E-state index contributed by atoms with van der Waals surface area (Å²) in [5, 5.41) is 0.613. The van der Waals surface area contributed by atoms with Gasteiger partial charge in [0.15, 0.2) is 0 Å². The van der Waals surface area contributed by atoms with Crippen LogP contribution >= 0.6 is 40.7 Å². The second kappa shape index (κ2) is 10.1. The Morgan fingerprint density at radius 2 is 1.30 bits per heavy atom. The Balaban J connectivity index is 5.43. The average Bonchev–Trinajstić information content (AvgIpc) is 2.40. The van der Waals surface area contributed by atoms with E-state index in [-0.39, 0.29) is 0 Å². The lowest BCUT2D eigenvalue weighted by Gasteiger charge is -2.61. The average molecular weight is 456 g/mol. The van der Waals surface area contributed by atoms with Gasteiger partial charge in [-0.2, -0.15) is 33.8 Å². The first-order valence-electron chi connectivity index (χ1n) is 9.40. The Bertz CT molecular complexity index is 521. The van der Waals surface area contributed by atoms with Gasteiger partial charge in [-0.05, 0) is 93.8 Å². The first kappa shape index (κ1) is 27.6. The Morgan fingerprint density at radius 3 is 1.63 bits per heavy atom. The fourth-order valence-corrected chi connectivity index (χ4v) is 25.2. The molecule has 0 aromatic rings. The van der Waals surface area contributed by atoms with Crippen molar-refractivity contribution in [2.45, 2.75) is 25.0 Å². The van der Waals surface area contributed by atoms with Crippen LogP contribution in [-0.2, 0) is 0 Å². The molecule has 1 nitrogen and oxygen atoms in total. The molecule has 27 heavy (non-hydrogen) atoms. The zero-order chi connectivity index (χ0) is 21.8. The van der Waals surface area contributed by atoms with E-state index in [9.17, 15) is 0 Å². The van der Waals surface area contributed by atoms with Gasteiger partial charge in [0.2, 0.25) is 0 Å². The summed E-state index contributed by atoms with van der Waals surface area (Å²) in [5.74, 6) is 2.66. The minimum atomic E-state index is -0.801. The monoisotopic (exact) mass is 455 g/mol. The fraction of sp³-hybridized carbons (Fsp3) is 0.727. The zero-order valence-corrected chi connectivity index (χ0v) is 23.5. The normalized spacial score (nSPS) is 17.3. The van der Waals surface area contributed by atoms with E-state index in [2.05, 4.69) is 92.3 Å². The predicted molar refractivity (Wildman–Crippen MR) is 148 cm³/mol. The van der Waals surface area contributed by atoms with E-state index in [4.69, 9.17) is 0 Å². The second-order valence-electron chi connectivity index (χ2n) is 10.0. The summed E-state index contributed by atoms with van der Waals surface area (Å²) in [7, 11) is -3.01. The van der Waals surface area contributed by atoms with Crippen molar-refractivity contribution in [3.63, 3.8) is 0 Å². The van der Waals surface area contributed by atoms with Gasteiger partial charge < -0.3 is 0 Å². The van der Waals surface area contributed by atoms with Crippen molar-refractivity contribution in [3.05, 3.63) is 37.0 Å². The van der Waals surface area contributed by atoms with E-state index in [0.29, 0.717) is 5.25 Å². The smallest absolute Gasteiger partial charge is 0.00920 e. The number of hydrogen-bond donors (Lipinski definition) is 0. The number of hydrogen-bond acceptors (Lipinski definition) is 1. The highest BCUT2D eigenvalue weighted by Gasteiger charge is 2.36. The maximum Gasteiger partial charge on any atom is 0.00920 e. The lowest BCUT2D eigenvalue weighted by Crippen LogP contribution is -2.34. The minimum absolute atomic E-state index is 0.613. The standard InChI is InChI=1S/C22H49NS4/c1-15-21(4)16-17-22(20(2)3)26(11,12)18-19-27(13,14)23(24(5,6)7)25(8,9)10/h15,22H,1-2,4,16-19H2,3,5-14H3. The largest absolute Gasteiger partial charge is 0.239 e. The highest BCUT2D eigenvalue weighted by Crippen LogP contribution is 2.71. The molecule has 0 aliphatic heterocycles. The van der Waals surface area contributed by atoms with Crippen molar-refractivity contribution in [2.24, 2.45) is 0 Å². The summed E-state index contributed by atoms with van der Waals surface area (Å²) in [6.07, 6.45) is 29.1. The summed E-state index contributed by atoms with van der Waals surface area (Å²) in [6, 6.07) is 0. The van der Waals surface area contributed by atoms with E-state index in [1.165, 1.54) is 17.1 Å². The third kappa shape index (κ3) is 8.86. The van der Waals surface area contributed by atoms with Crippen molar-refractivity contribution in [1.82, 2.24) is 3.12 Å². The Kier molecular flexibility index (Phi) is 10.3. The lowest BCUT2D eigenvalue weighted by atomic mass is 10.1. The van der Waals surface area contributed by atoms with Crippen molar-refractivity contribution < 1.29 is 0 Å². The topological polar surface area (TPSA) is 3.24 Å². The molecule has 1 unspecified atom stereocenters. The SMILES string of the molecule is C=CC(=C)CCC(C(=C)C)S(C)(C)CCS(C)(C)N(S(C)(C)C)S(C)(C)C. The van der Waals surface area contributed by atoms with E-state index >= 15 is 0 Å². The molecule has 0 N–H and O–H groups in total. The molecule has 0 saturated carbocycles. The molecule has 0 bridgehead atoms. The molecular weight excluding hydrogens is 407 g/mol. The van der Waals surface area contributed by atoms with E-state index in [1.807, 2.05) is 6.08 Å². The lowest BCUT2D eigenvalue weighted by molar-refractivity contribution is 0.826. The van der Waals surface area contributed by atoms with E-state index < -0.39 is 40.7 Å². The maximum absolute atomic E-state index is 4.35. The van der Waals surface area contributed by atoms with Gasteiger partial charge in [-0.25, -0.2) is 10.0 Å². The molecule has 166 valence electrons. The van der Waals surface area contributed by atoms with Gasteiger partial charge in [0.05, 0.1) is 0 Å². The third-order valence-corrected chi connectivity index (χ3v) is 20.0. The molecule has 0 saturated heterocycles. The minimum Gasteiger partial charge on any atom is -0.239 e. The van der Waals surface area contributed by atoms with Crippen LogP contribution < -0.4 is 0 Å². The van der Waals surface area contributed by atoms with Crippen molar-refractivity contribution in [2.75, 3.05) is 74.1 Å². The van der Waals surface area contributed by atoms with Gasteiger partial charge in [-0.3, -0.25) is 0 Å². The molecule has 0 radical (unpaired) electrons. The van der Waals surface area contributed by atoms with Gasteiger partial charge in [0, 0.05) is 5.25 Å². The molecule has 0 aromatic heterocycles. The maximum atomic E-state index is 4.35. The van der Waals surface area contributed by atoms with Crippen molar-refractivity contribution in [1.29, 1.82) is 0 Å². The Hall–Kier alpha value is 0.580. The zero-order valence-electron chi connectivity index (χ0n) is 20.2. The summed E-state index contributed by atoms with van der Waals surface area (Å²) < 4.78 is 2.96. The van der Waals surface area contributed by atoms with Crippen LogP contribution in [0.2, 0.25) is 0 Å². The van der Waals surface area contributed by atoms with Crippen LogP contribution in [0.1, 0.15) is 19.8 Å². The highest BCUT2D eigenvalue weighted by atomic mass is 32.4. The number of nitrogens with zero attached hydrogens (tertiary/aromatic N) is 1. The molecule has 0 aromatic carbocycles. The van der Waals surface area contributed by atoms with Gasteiger partial charge in [-0.15, -0.1) is 0 Å². The van der Waals surface area contributed by atoms with Crippen LogP contribution in [0.15, 0.2) is 37.0 Å². The number of allylic oxidation sites excluding steroid dienone is 2. The Labute approximate surface area is 179 Å². The molecule has 0 aliphatic rings. The first-order chi connectivity index (χ1) is 11.9. The molecule has 0 fully saturated rings. The fourth-order valence-electron chi connectivity index (χ4n) is 4.05. The van der Waals surface area contributed by atoms with Gasteiger partial charge in [0.1, 0.15) is 0 Å². The quantitative estimate of drug-likeness (QED) is 0.226. The molecule has 0 heterocycles. The molecule has 1 atom stereocenters. The third-order valence-electron chi connectivity index (χ3n) is 4.74. The number of rotatable bonds is 12. The van der Waals surface area contributed by atoms with Crippen LogP contribution in [0.4, 0.5) is 0 Å². The molecule has 0 rings (SSSR count). The second-order valence-corrected chi connectivity index (χ2v) is 26.5. The van der Waals surface area contributed by atoms with Crippen LogP contribution in [-0.4, -0.2) is 82.4 Å². The van der Waals surface area contributed by atoms with E-state index in [0.717, 1.165) is 18.4 Å². The first-order valence-corrected chi connectivity index (χ1v) is 20.3. The molecule has 0 amide bonds. The highest BCUT2D eigenvalue weighted by molar-refractivity contribution is 8.56. The van der Waals surface area contributed by atoms with Crippen LogP contribution in [0.25, 0.3) is 0 Å². The molecule has 5 heteroatoms. The van der Waals surface area contributed by atoms with Crippen molar-refractivity contribution in [3.8, 4) is 0 Å². The van der Waals surface area contributed by atoms with Crippen LogP contribution in [0, 0.1) is 0 Å².